The Kier molecular flexibility index (Phi) is 3.00. The van der Waals surface area contributed by atoms with Crippen molar-refractivity contribution in [1.29, 1.82) is 0 Å². The topological polar surface area (TPSA) is 57.7 Å². The minimum absolute atomic E-state index is 0.0833. The average Bonchev–Trinajstić information content (AvgIpc) is 2.20. The first-order chi connectivity index (χ1) is 6.15. The molecule has 0 N–H and O–H groups in total. The normalized spacial score (nSPS) is 18.8. The van der Waals surface area contributed by atoms with E-state index in [-0.39, 0.29) is 24.8 Å². The summed E-state index contributed by atoms with van der Waals surface area (Å²) in [7, 11) is 1.65. The summed E-state index contributed by atoms with van der Waals surface area (Å²) in [6.45, 7) is 1.03. The second kappa shape index (κ2) is 4.02. The van der Waals surface area contributed by atoms with E-state index in [2.05, 4.69) is 0 Å². The number of hydrogen-bond donors (Lipinski definition) is 0. The molecule has 0 radical (unpaired) electrons. The summed E-state index contributed by atoms with van der Waals surface area (Å²) in [6.07, 6.45) is 0.554. The molecule has 0 aromatic rings. The molecule has 1 aliphatic rings. The molecule has 1 fully saturated rings. The van der Waals surface area contributed by atoms with Crippen LogP contribution in [0.15, 0.2) is 0 Å². The molecule has 0 unspecified atom stereocenters. The summed E-state index contributed by atoms with van der Waals surface area (Å²) in [4.78, 5) is 35.5. The fourth-order valence-corrected chi connectivity index (χ4v) is 1.18. The molecule has 0 saturated carbocycles. The van der Waals surface area contributed by atoms with Gasteiger partial charge in [-0.25, -0.2) is 0 Å². The van der Waals surface area contributed by atoms with Gasteiger partial charge in [0, 0.05) is 20.1 Å². The molecular formula is C8H12N2O3. The Labute approximate surface area is 76.3 Å². The van der Waals surface area contributed by atoms with Crippen LogP contribution in [0, 0.1) is 0 Å². The number of aldehydes is 1. The highest BCUT2D eigenvalue weighted by Gasteiger charge is 2.23. The van der Waals surface area contributed by atoms with Gasteiger partial charge in [-0.2, -0.15) is 0 Å². The van der Waals surface area contributed by atoms with Crippen LogP contribution in [0.25, 0.3) is 0 Å². The summed E-state index contributed by atoms with van der Waals surface area (Å²) >= 11 is 0. The van der Waals surface area contributed by atoms with Crippen molar-refractivity contribution in [2.24, 2.45) is 0 Å². The van der Waals surface area contributed by atoms with Crippen molar-refractivity contribution in [2.75, 3.05) is 26.7 Å². The number of likely N-dealkylation sites (N-methyl/N-ethyl adjacent to an activating group) is 1. The van der Waals surface area contributed by atoms with Crippen LogP contribution in [0.3, 0.4) is 0 Å². The standard InChI is InChI=1S/C8H12N2O3/c1-9-2-3-10(4-5-11)8(13)6-7(9)12/h5H,2-4,6H2,1H3. The summed E-state index contributed by atoms with van der Waals surface area (Å²) in [5.74, 6) is -0.445. The molecule has 13 heavy (non-hydrogen) atoms. The molecular weight excluding hydrogens is 172 g/mol. The lowest BCUT2D eigenvalue weighted by molar-refractivity contribution is -0.137. The van der Waals surface area contributed by atoms with E-state index in [9.17, 15) is 14.4 Å². The van der Waals surface area contributed by atoms with Crippen LogP contribution < -0.4 is 0 Å². The molecule has 0 bridgehead atoms. The van der Waals surface area contributed by atoms with Gasteiger partial charge in [-0.3, -0.25) is 9.59 Å². The molecule has 5 heteroatoms. The van der Waals surface area contributed by atoms with Gasteiger partial charge < -0.3 is 14.6 Å². The van der Waals surface area contributed by atoms with Gasteiger partial charge in [0.05, 0.1) is 6.54 Å². The van der Waals surface area contributed by atoms with Crippen molar-refractivity contribution in [1.82, 2.24) is 9.80 Å². The third-order valence-corrected chi connectivity index (χ3v) is 2.08. The SMILES string of the molecule is CN1CCN(CC=O)C(=O)CC1=O. The van der Waals surface area contributed by atoms with E-state index in [0.717, 1.165) is 0 Å². The van der Waals surface area contributed by atoms with Crippen molar-refractivity contribution < 1.29 is 14.4 Å². The lowest BCUT2D eigenvalue weighted by atomic mass is 10.3. The summed E-state index contributed by atoms with van der Waals surface area (Å²) < 4.78 is 0. The molecule has 0 aliphatic carbocycles. The molecule has 1 aliphatic heterocycles. The maximum Gasteiger partial charge on any atom is 0.232 e. The molecule has 0 atom stereocenters. The van der Waals surface area contributed by atoms with Crippen LogP contribution in [0.5, 0.6) is 0 Å². The number of nitrogens with zero attached hydrogens (tertiary/aromatic N) is 2. The van der Waals surface area contributed by atoms with Crippen molar-refractivity contribution in [3.8, 4) is 0 Å². The van der Waals surface area contributed by atoms with Crippen LogP contribution in [0.4, 0.5) is 0 Å². The number of rotatable bonds is 2. The van der Waals surface area contributed by atoms with Crippen molar-refractivity contribution >= 4 is 18.1 Å². The first-order valence-corrected chi connectivity index (χ1v) is 4.10. The molecule has 2 amide bonds. The zero-order chi connectivity index (χ0) is 9.84. The van der Waals surface area contributed by atoms with E-state index in [0.29, 0.717) is 19.4 Å². The van der Waals surface area contributed by atoms with Gasteiger partial charge in [0.2, 0.25) is 11.8 Å². The van der Waals surface area contributed by atoms with E-state index >= 15 is 0 Å². The highest BCUT2D eigenvalue weighted by Crippen LogP contribution is 2.03. The van der Waals surface area contributed by atoms with E-state index in [1.807, 2.05) is 0 Å². The maximum atomic E-state index is 11.3. The van der Waals surface area contributed by atoms with Crippen molar-refractivity contribution in [3.63, 3.8) is 0 Å². The largest absolute Gasteiger partial charge is 0.344 e. The maximum absolute atomic E-state index is 11.3. The molecule has 0 spiro atoms. The average molecular weight is 184 g/mol. The van der Waals surface area contributed by atoms with Crippen LogP contribution >= 0.6 is 0 Å². The molecule has 0 aromatic heterocycles. The van der Waals surface area contributed by atoms with Gasteiger partial charge in [-0.15, -0.1) is 0 Å². The predicted octanol–water partition coefficient (Wildman–Crippen LogP) is -1.12. The number of carbonyl (C=O) groups excluding carboxylic acids is 3. The minimum Gasteiger partial charge on any atom is -0.344 e. The van der Waals surface area contributed by atoms with Gasteiger partial charge in [0.1, 0.15) is 12.7 Å². The van der Waals surface area contributed by atoms with Crippen LogP contribution in [0.2, 0.25) is 0 Å². The Balaban J connectivity index is 2.65. The van der Waals surface area contributed by atoms with Crippen LogP contribution in [-0.2, 0) is 14.4 Å². The predicted molar refractivity (Wildman–Crippen MR) is 44.9 cm³/mol. The Bertz CT molecular complexity index is 240. The molecule has 1 saturated heterocycles. The Morgan fingerprint density at radius 3 is 2.62 bits per heavy atom. The van der Waals surface area contributed by atoms with E-state index < -0.39 is 0 Å². The smallest absolute Gasteiger partial charge is 0.232 e. The summed E-state index contributed by atoms with van der Waals surface area (Å²) in [6, 6.07) is 0. The Hall–Kier alpha value is -1.39. The van der Waals surface area contributed by atoms with Crippen molar-refractivity contribution in [2.45, 2.75) is 6.42 Å². The molecule has 5 nitrogen and oxygen atoms in total. The van der Waals surface area contributed by atoms with Gasteiger partial charge in [0.25, 0.3) is 0 Å². The van der Waals surface area contributed by atoms with E-state index in [4.69, 9.17) is 0 Å². The first-order valence-electron chi connectivity index (χ1n) is 4.10. The van der Waals surface area contributed by atoms with Crippen molar-refractivity contribution in [3.05, 3.63) is 0 Å². The van der Waals surface area contributed by atoms with Gasteiger partial charge in [-0.1, -0.05) is 0 Å². The second-order valence-corrected chi connectivity index (χ2v) is 3.00. The lowest BCUT2D eigenvalue weighted by Crippen LogP contribution is -2.34. The fraction of sp³-hybridized carbons (Fsp3) is 0.625. The minimum atomic E-state index is -0.263. The molecule has 0 aromatic carbocycles. The van der Waals surface area contributed by atoms with Gasteiger partial charge in [-0.05, 0) is 0 Å². The lowest BCUT2D eigenvalue weighted by Gasteiger charge is -2.16. The summed E-state index contributed by atoms with van der Waals surface area (Å²) in [5, 5.41) is 0. The van der Waals surface area contributed by atoms with Crippen LogP contribution in [0.1, 0.15) is 6.42 Å². The fourth-order valence-electron chi connectivity index (χ4n) is 1.18. The van der Waals surface area contributed by atoms with Gasteiger partial charge >= 0.3 is 0 Å². The van der Waals surface area contributed by atoms with E-state index in [1.54, 1.807) is 7.05 Å². The zero-order valence-corrected chi connectivity index (χ0v) is 7.52. The highest BCUT2D eigenvalue weighted by atomic mass is 16.2. The zero-order valence-electron chi connectivity index (χ0n) is 7.52. The number of hydrogen-bond acceptors (Lipinski definition) is 3. The first kappa shape index (κ1) is 9.70. The number of carbonyl (C=O) groups is 3. The number of amides is 2. The van der Waals surface area contributed by atoms with Crippen LogP contribution in [-0.4, -0.2) is 54.6 Å². The summed E-state index contributed by atoms with van der Waals surface area (Å²) in [5.41, 5.74) is 0. The monoisotopic (exact) mass is 184 g/mol. The Morgan fingerprint density at radius 1 is 1.31 bits per heavy atom. The van der Waals surface area contributed by atoms with Gasteiger partial charge in [0.15, 0.2) is 0 Å². The second-order valence-electron chi connectivity index (χ2n) is 3.00. The third kappa shape index (κ3) is 2.27. The quantitative estimate of drug-likeness (QED) is 0.403. The van der Waals surface area contributed by atoms with E-state index in [1.165, 1.54) is 9.80 Å². The molecule has 72 valence electrons. The third-order valence-electron chi connectivity index (χ3n) is 2.08. The molecule has 1 heterocycles. The molecule has 1 rings (SSSR count). The Morgan fingerprint density at radius 2 is 2.00 bits per heavy atom. The highest BCUT2D eigenvalue weighted by molar-refractivity contribution is 5.98.